The second-order valence-electron chi connectivity index (χ2n) is 3.84. The van der Waals surface area contributed by atoms with Crippen LogP contribution in [-0.4, -0.2) is 37.2 Å². The quantitative estimate of drug-likeness (QED) is 0.552. The van der Waals surface area contributed by atoms with E-state index in [2.05, 4.69) is 12.2 Å². The van der Waals surface area contributed by atoms with Crippen molar-refractivity contribution < 1.29 is 9.84 Å². The molecule has 1 atom stereocenters. The van der Waals surface area contributed by atoms with E-state index in [1.165, 1.54) is 4.90 Å². The fourth-order valence-electron chi connectivity index (χ4n) is 1.37. The molecule has 96 valence electrons. The van der Waals surface area contributed by atoms with Gasteiger partial charge in [-0.2, -0.15) is 0 Å². The van der Waals surface area contributed by atoms with Crippen LogP contribution >= 0.6 is 11.8 Å². The second kappa shape index (κ2) is 8.39. The van der Waals surface area contributed by atoms with Crippen molar-refractivity contribution in [1.29, 1.82) is 0 Å². The van der Waals surface area contributed by atoms with Crippen LogP contribution in [0, 0.1) is 0 Å². The molecule has 0 fully saturated rings. The predicted molar refractivity (Wildman–Crippen MR) is 72.9 cm³/mol. The van der Waals surface area contributed by atoms with Gasteiger partial charge in [0.1, 0.15) is 18.5 Å². The molecule has 0 amide bonds. The van der Waals surface area contributed by atoms with E-state index in [1.54, 1.807) is 11.8 Å². The lowest BCUT2D eigenvalue weighted by Gasteiger charge is -2.13. The molecule has 0 aliphatic carbocycles. The van der Waals surface area contributed by atoms with Gasteiger partial charge in [0.15, 0.2) is 0 Å². The van der Waals surface area contributed by atoms with Gasteiger partial charge in [-0.25, -0.2) is 0 Å². The Bertz CT molecular complexity index is 303. The fourth-order valence-corrected chi connectivity index (χ4v) is 1.78. The van der Waals surface area contributed by atoms with Crippen molar-refractivity contribution in [3.05, 3.63) is 24.3 Å². The predicted octanol–water partition coefficient (Wildman–Crippen LogP) is 2.15. The maximum absolute atomic E-state index is 9.65. The van der Waals surface area contributed by atoms with Crippen LogP contribution in [-0.2, 0) is 0 Å². The summed E-state index contributed by atoms with van der Waals surface area (Å²) in [5, 5.41) is 12.8. The van der Waals surface area contributed by atoms with Gasteiger partial charge in [-0.15, -0.1) is 11.8 Å². The number of hydrogen-bond donors (Lipinski definition) is 2. The summed E-state index contributed by atoms with van der Waals surface area (Å²) < 4.78 is 5.50. The van der Waals surface area contributed by atoms with E-state index in [1.807, 2.05) is 30.5 Å². The summed E-state index contributed by atoms with van der Waals surface area (Å²) >= 11 is 1.70. The Morgan fingerprint density at radius 2 is 2.06 bits per heavy atom. The molecule has 0 heterocycles. The smallest absolute Gasteiger partial charge is 0.119 e. The van der Waals surface area contributed by atoms with E-state index in [9.17, 15) is 5.11 Å². The molecule has 1 aromatic carbocycles. The van der Waals surface area contributed by atoms with Crippen LogP contribution < -0.4 is 10.1 Å². The molecule has 0 aliphatic heterocycles. The van der Waals surface area contributed by atoms with E-state index in [-0.39, 0.29) is 0 Å². The highest BCUT2D eigenvalue weighted by Crippen LogP contribution is 2.18. The monoisotopic (exact) mass is 255 g/mol. The number of benzene rings is 1. The molecule has 0 spiro atoms. The molecule has 0 unspecified atom stereocenters. The third kappa shape index (κ3) is 5.96. The van der Waals surface area contributed by atoms with Gasteiger partial charge in [-0.05, 0) is 43.5 Å². The normalized spacial score (nSPS) is 12.4. The summed E-state index contributed by atoms with van der Waals surface area (Å²) in [7, 11) is 0. The van der Waals surface area contributed by atoms with Crippen LogP contribution in [0.3, 0.4) is 0 Å². The molecule has 3 nitrogen and oxygen atoms in total. The molecule has 1 rings (SSSR count). The Morgan fingerprint density at radius 3 is 2.65 bits per heavy atom. The first-order valence-corrected chi connectivity index (χ1v) is 7.14. The standard InChI is InChI=1S/C13H21NO2S/c1-3-8-14-9-11(15)10-16-12-4-6-13(17-2)7-5-12/h4-7,11,14-15H,3,8-10H2,1-2H3/t11-/m1/s1. The van der Waals surface area contributed by atoms with Crippen LogP contribution in [0.1, 0.15) is 13.3 Å². The van der Waals surface area contributed by atoms with Crippen LogP contribution in [0.2, 0.25) is 0 Å². The van der Waals surface area contributed by atoms with Crippen molar-refractivity contribution in [3.8, 4) is 5.75 Å². The molecule has 0 aliphatic rings. The van der Waals surface area contributed by atoms with Gasteiger partial charge in [-0.1, -0.05) is 6.92 Å². The van der Waals surface area contributed by atoms with Crippen molar-refractivity contribution in [2.75, 3.05) is 26.0 Å². The summed E-state index contributed by atoms with van der Waals surface area (Å²) in [6.45, 7) is 3.94. The van der Waals surface area contributed by atoms with Gasteiger partial charge in [0.05, 0.1) is 0 Å². The van der Waals surface area contributed by atoms with E-state index in [4.69, 9.17) is 4.74 Å². The maximum Gasteiger partial charge on any atom is 0.119 e. The fraction of sp³-hybridized carbons (Fsp3) is 0.538. The summed E-state index contributed by atoms with van der Waals surface area (Å²) in [5.41, 5.74) is 0. The SMILES string of the molecule is CCCNC[C@@H](O)COc1ccc(SC)cc1. The molecule has 0 saturated carbocycles. The first kappa shape index (κ1) is 14.4. The highest BCUT2D eigenvalue weighted by atomic mass is 32.2. The molecule has 2 N–H and O–H groups in total. The van der Waals surface area contributed by atoms with Gasteiger partial charge in [0.2, 0.25) is 0 Å². The number of aliphatic hydroxyl groups excluding tert-OH is 1. The van der Waals surface area contributed by atoms with Crippen LogP contribution in [0.4, 0.5) is 0 Å². The highest BCUT2D eigenvalue weighted by Gasteiger charge is 2.04. The number of thioether (sulfide) groups is 1. The van der Waals surface area contributed by atoms with Crippen LogP contribution in [0.25, 0.3) is 0 Å². The number of ether oxygens (including phenoxy) is 1. The van der Waals surface area contributed by atoms with Crippen molar-refractivity contribution in [2.45, 2.75) is 24.3 Å². The number of aliphatic hydroxyl groups is 1. The zero-order valence-corrected chi connectivity index (χ0v) is 11.3. The van der Waals surface area contributed by atoms with Crippen LogP contribution in [0.5, 0.6) is 5.75 Å². The first-order valence-electron chi connectivity index (χ1n) is 5.92. The summed E-state index contributed by atoms with van der Waals surface area (Å²) in [6.07, 6.45) is 2.66. The van der Waals surface area contributed by atoms with E-state index >= 15 is 0 Å². The Balaban J connectivity index is 2.24. The zero-order valence-electron chi connectivity index (χ0n) is 10.5. The Morgan fingerprint density at radius 1 is 1.35 bits per heavy atom. The topological polar surface area (TPSA) is 41.5 Å². The minimum absolute atomic E-state index is 0.329. The van der Waals surface area contributed by atoms with E-state index in [0.717, 1.165) is 18.7 Å². The first-order chi connectivity index (χ1) is 8.26. The second-order valence-corrected chi connectivity index (χ2v) is 4.72. The molecule has 0 radical (unpaired) electrons. The van der Waals surface area contributed by atoms with Gasteiger partial charge in [0.25, 0.3) is 0 Å². The Labute approximate surface area is 108 Å². The van der Waals surface area contributed by atoms with Gasteiger partial charge < -0.3 is 15.2 Å². The van der Waals surface area contributed by atoms with Crippen molar-refractivity contribution in [3.63, 3.8) is 0 Å². The largest absolute Gasteiger partial charge is 0.491 e. The molecular weight excluding hydrogens is 234 g/mol. The van der Waals surface area contributed by atoms with Crippen molar-refractivity contribution >= 4 is 11.8 Å². The zero-order chi connectivity index (χ0) is 12.5. The van der Waals surface area contributed by atoms with Crippen LogP contribution in [0.15, 0.2) is 29.2 Å². The van der Waals surface area contributed by atoms with Gasteiger partial charge in [0, 0.05) is 11.4 Å². The van der Waals surface area contributed by atoms with Crippen molar-refractivity contribution in [2.24, 2.45) is 0 Å². The third-order valence-electron chi connectivity index (χ3n) is 2.31. The summed E-state index contributed by atoms with van der Waals surface area (Å²) in [6, 6.07) is 7.89. The highest BCUT2D eigenvalue weighted by molar-refractivity contribution is 7.98. The van der Waals surface area contributed by atoms with Gasteiger partial charge >= 0.3 is 0 Å². The molecule has 0 aromatic heterocycles. The lowest BCUT2D eigenvalue weighted by atomic mass is 10.3. The third-order valence-corrected chi connectivity index (χ3v) is 3.05. The average Bonchev–Trinajstić information content (AvgIpc) is 2.37. The average molecular weight is 255 g/mol. The number of hydrogen-bond acceptors (Lipinski definition) is 4. The number of nitrogens with one attached hydrogen (secondary N) is 1. The molecule has 0 saturated heterocycles. The Kier molecular flexibility index (Phi) is 7.08. The maximum atomic E-state index is 9.65. The molecule has 1 aromatic rings. The minimum atomic E-state index is -0.457. The summed E-state index contributed by atoms with van der Waals surface area (Å²) in [5.74, 6) is 0.803. The molecule has 17 heavy (non-hydrogen) atoms. The lowest BCUT2D eigenvalue weighted by Crippen LogP contribution is -2.31. The summed E-state index contributed by atoms with van der Waals surface area (Å²) in [4.78, 5) is 1.21. The minimum Gasteiger partial charge on any atom is -0.491 e. The molecular formula is C13H21NO2S. The van der Waals surface area contributed by atoms with Crippen molar-refractivity contribution in [1.82, 2.24) is 5.32 Å². The molecule has 0 bridgehead atoms. The van der Waals surface area contributed by atoms with Gasteiger partial charge in [-0.3, -0.25) is 0 Å². The van der Waals surface area contributed by atoms with E-state index in [0.29, 0.717) is 13.2 Å². The Hall–Kier alpha value is -0.710. The van der Waals surface area contributed by atoms with E-state index < -0.39 is 6.10 Å². The lowest BCUT2D eigenvalue weighted by molar-refractivity contribution is 0.106. The molecule has 4 heteroatoms. The number of rotatable bonds is 8.